The van der Waals surface area contributed by atoms with Crippen LogP contribution in [0, 0.1) is 5.92 Å². The van der Waals surface area contributed by atoms with E-state index in [1.165, 1.54) is 0 Å². The van der Waals surface area contributed by atoms with Gasteiger partial charge in [-0.1, -0.05) is 15.9 Å². The summed E-state index contributed by atoms with van der Waals surface area (Å²) >= 11 is 3.44. The molecule has 1 amide bonds. The summed E-state index contributed by atoms with van der Waals surface area (Å²) in [4.78, 5) is 13.6. The number of amides is 1. The van der Waals surface area contributed by atoms with Crippen LogP contribution in [0.3, 0.4) is 0 Å². The van der Waals surface area contributed by atoms with E-state index in [9.17, 15) is 9.90 Å². The van der Waals surface area contributed by atoms with Gasteiger partial charge in [0.05, 0.1) is 12.0 Å². The molecule has 0 spiro atoms. The Morgan fingerprint density at radius 2 is 2.20 bits per heavy atom. The molecule has 5 heteroatoms. The average Bonchev–Trinajstić information content (AvgIpc) is 2.39. The smallest absolute Gasteiger partial charge is 0.222 e. The third-order valence-corrected chi connectivity index (χ3v) is 4.53. The van der Waals surface area contributed by atoms with Gasteiger partial charge in [0.2, 0.25) is 5.91 Å². The summed E-state index contributed by atoms with van der Waals surface area (Å²) < 4.78 is 0.938. The second-order valence-electron chi connectivity index (χ2n) is 5.56. The van der Waals surface area contributed by atoms with Gasteiger partial charge in [0.15, 0.2) is 0 Å². The number of nitrogens with zero attached hydrogens (tertiary/aromatic N) is 1. The van der Waals surface area contributed by atoms with Crippen molar-refractivity contribution >= 4 is 27.5 Å². The predicted octanol–water partition coefficient (Wildman–Crippen LogP) is 2.59. The topological polar surface area (TPSA) is 66.6 Å². The van der Waals surface area contributed by atoms with Crippen LogP contribution in [-0.4, -0.2) is 23.6 Å². The number of hydrogen-bond donors (Lipinski definition) is 2. The quantitative estimate of drug-likeness (QED) is 0.888. The van der Waals surface area contributed by atoms with Crippen LogP contribution in [0.5, 0.6) is 0 Å². The number of carbonyl (C=O) groups excluding carboxylic acids is 1. The SMILES string of the molecule is CC(O)c1cc(Br)ccc1N1CC(C(N)=O)CCC1C. The minimum absolute atomic E-state index is 0.114. The Balaban J connectivity index is 2.35. The van der Waals surface area contributed by atoms with E-state index in [0.717, 1.165) is 28.6 Å². The summed E-state index contributed by atoms with van der Waals surface area (Å²) in [5, 5.41) is 9.98. The van der Waals surface area contributed by atoms with Gasteiger partial charge in [0.1, 0.15) is 0 Å². The Morgan fingerprint density at radius 1 is 1.50 bits per heavy atom. The summed E-state index contributed by atoms with van der Waals surface area (Å²) in [5.41, 5.74) is 7.31. The highest BCUT2D eigenvalue weighted by atomic mass is 79.9. The molecule has 0 saturated carbocycles. The standard InChI is InChI=1S/C15H21BrN2O2/c1-9-3-4-11(15(17)20)8-18(9)14-6-5-12(16)7-13(14)10(2)19/h5-7,9-11,19H,3-4,8H2,1-2H3,(H2,17,20). The number of piperidine rings is 1. The van der Waals surface area contributed by atoms with E-state index in [2.05, 4.69) is 27.8 Å². The molecule has 1 fully saturated rings. The van der Waals surface area contributed by atoms with Gasteiger partial charge >= 0.3 is 0 Å². The van der Waals surface area contributed by atoms with Crippen LogP contribution in [0.4, 0.5) is 5.69 Å². The lowest BCUT2D eigenvalue weighted by atomic mass is 9.91. The monoisotopic (exact) mass is 340 g/mol. The number of nitrogens with two attached hydrogens (primary N) is 1. The highest BCUT2D eigenvalue weighted by molar-refractivity contribution is 9.10. The number of benzene rings is 1. The van der Waals surface area contributed by atoms with Gasteiger partial charge < -0.3 is 15.7 Å². The molecule has 0 aliphatic carbocycles. The van der Waals surface area contributed by atoms with E-state index in [1.807, 2.05) is 18.2 Å². The van der Waals surface area contributed by atoms with Crippen molar-refractivity contribution in [3.63, 3.8) is 0 Å². The molecule has 20 heavy (non-hydrogen) atoms. The van der Waals surface area contributed by atoms with Gasteiger partial charge in [-0.15, -0.1) is 0 Å². The maximum Gasteiger partial charge on any atom is 0.222 e. The lowest BCUT2D eigenvalue weighted by molar-refractivity contribution is -0.122. The van der Waals surface area contributed by atoms with Crippen molar-refractivity contribution < 1.29 is 9.90 Å². The van der Waals surface area contributed by atoms with E-state index < -0.39 is 6.10 Å². The first-order valence-electron chi connectivity index (χ1n) is 6.93. The molecule has 110 valence electrons. The summed E-state index contributed by atoms with van der Waals surface area (Å²) in [6.45, 7) is 4.52. The van der Waals surface area contributed by atoms with Crippen LogP contribution >= 0.6 is 15.9 Å². The molecular weight excluding hydrogens is 320 g/mol. The number of aliphatic hydroxyl groups is 1. The van der Waals surface area contributed by atoms with Crippen molar-refractivity contribution in [3.8, 4) is 0 Å². The van der Waals surface area contributed by atoms with Crippen molar-refractivity contribution in [2.24, 2.45) is 11.7 Å². The number of rotatable bonds is 3. The molecule has 3 N–H and O–H groups in total. The van der Waals surface area contributed by atoms with Crippen LogP contribution in [0.15, 0.2) is 22.7 Å². The van der Waals surface area contributed by atoms with E-state index in [4.69, 9.17) is 5.73 Å². The fourth-order valence-corrected chi connectivity index (χ4v) is 3.18. The molecule has 1 aromatic carbocycles. The number of halogens is 1. The zero-order chi connectivity index (χ0) is 14.9. The third-order valence-electron chi connectivity index (χ3n) is 4.03. The molecule has 0 aromatic heterocycles. The molecule has 0 radical (unpaired) electrons. The normalized spacial score (nSPS) is 24.5. The van der Waals surface area contributed by atoms with Crippen LogP contribution in [-0.2, 0) is 4.79 Å². The van der Waals surface area contributed by atoms with E-state index in [0.29, 0.717) is 12.6 Å². The molecule has 2 rings (SSSR count). The first-order valence-corrected chi connectivity index (χ1v) is 7.73. The van der Waals surface area contributed by atoms with Gasteiger partial charge in [-0.2, -0.15) is 0 Å². The Labute approximate surface area is 128 Å². The zero-order valence-corrected chi connectivity index (χ0v) is 13.4. The average molecular weight is 341 g/mol. The van der Waals surface area contributed by atoms with E-state index >= 15 is 0 Å². The first kappa shape index (κ1) is 15.3. The molecular formula is C15H21BrN2O2. The van der Waals surface area contributed by atoms with E-state index in [1.54, 1.807) is 6.92 Å². The van der Waals surface area contributed by atoms with Crippen molar-refractivity contribution in [2.75, 3.05) is 11.4 Å². The van der Waals surface area contributed by atoms with Gasteiger partial charge in [0, 0.05) is 28.3 Å². The Hall–Kier alpha value is -1.07. The molecule has 1 aliphatic rings. The fourth-order valence-electron chi connectivity index (χ4n) is 2.80. The Kier molecular flexibility index (Phi) is 4.70. The van der Waals surface area contributed by atoms with Crippen molar-refractivity contribution in [1.82, 2.24) is 0 Å². The van der Waals surface area contributed by atoms with Crippen molar-refractivity contribution in [1.29, 1.82) is 0 Å². The first-order chi connectivity index (χ1) is 9.40. The lowest BCUT2D eigenvalue weighted by Gasteiger charge is -2.40. The number of anilines is 1. The van der Waals surface area contributed by atoms with Gasteiger partial charge in [-0.25, -0.2) is 0 Å². The minimum atomic E-state index is -0.552. The minimum Gasteiger partial charge on any atom is -0.389 e. The molecule has 0 bridgehead atoms. The molecule has 1 saturated heterocycles. The number of primary amides is 1. The Morgan fingerprint density at radius 3 is 2.80 bits per heavy atom. The van der Waals surface area contributed by atoms with Gasteiger partial charge in [-0.3, -0.25) is 4.79 Å². The maximum absolute atomic E-state index is 11.4. The molecule has 1 heterocycles. The number of hydrogen-bond acceptors (Lipinski definition) is 3. The summed E-state index contributed by atoms with van der Waals surface area (Å²) in [5.74, 6) is -0.352. The zero-order valence-electron chi connectivity index (χ0n) is 11.8. The van der Waals surface area contributed by atoms with Crippen LogP contribution in [0.2, 0.25) is 0 Å². The molecule has 4 nitrogen and oxygen atoms in total. The van der Waals surface area contributed by atoms with Crippen LogP contribution < -0.4 is 10.6 Å². The largest absolute Gasteiger partial charge is 0.389 e. The highest BCUT2D eigenvalue weighted by Crippen LogP contribution is 2.34. The lowest BCUT2D eigenvalue weighted by Crippen LogP contribution is -2.46. The van der Waals surface area contributed by atoms with Crippen LogP contribution in [0.25, 0.3) is 0 Å². The van der Waals surface area contributed by atoms with Crippen molar-refractivity contribution in [3.05, 3.63) is 28.2 Å². The number of aliphatic hydroxyl groups excluding tert-OH is 1. The second-order valence-corrected chi connectivity index (χ2v) is 6.47. The summed E-state index contributed by atoms with van der Waals surface area (Å²) in [6, 6.07) is 6.22. The van der Waals surface area contributed by atoms with Crippen molar-refractivity contribution in [2.45, 2.75) is 38.8 Å². The Bertz CT molecular complexity index is 505. The molecule has 1 aliphatic heterocycles. The van der Waals surface area contributed by atoms with E-state index in [-0.39, 0.29) is 11.8 Å². The third kappa shape index (κ3) is 3.15. The summed E-state index contributed by atoms with van der Waals surface area (Å²) in [7, 11) is 0. The maximum atomic E-state index is 11.4. The molecule has 3 unspecified atom stereocenters. The van der Waals surface area contributed by atoms with Crippen LogP contribution in [0.1, 0.15) is 38.4 Å². The summed E-state index contributed by atoms with van der Waals surface area (Å²) in [6.07, 6.45) is 1.22. The molecule has 1 aromatic rings. The van der Waals surface area contributed by atoms with Gasteiger partial charge in [-0.05, 0) is 44.9 Å². The predicted molar refractivity (Wildman–Crippen MR) is 83.5 cm³/mol. The fraction of sp³-hybridized carbons (Fsp3) is 0.533. The highest BCUT2D eigenvalue weighted by Gasteiger charge is 2.30. The number of carbonyl (C=O) groups is 1. The molecule has 3 atom stereocenters. The van der Waals surface area contributed by atoms with Gasteiger partial charge in [0.25, 0.3) is 0 Å². The second kappa shape index (κ2) is 6.14.